The standard InChI is InChI=1S/C19H23NO5/c1-19(2,3)25-18(22)20-11-12-24-15-10-9-13-7-5-6-8-14(13)16(15)17(21)23-4/h5-10H,11-12H2,1-4H3,(H,20,22). The second kappa shape index (κ2) is 7.88. The van der Waals surface area contributed by atoms with E-state index < -0.39 is 17.7 Å². The fraction of sp³-hybridized carbons (Fsp3) is 0.368. The van der Waals surface area contributed by atoms with Crippen molar-refractivity contribution in [1.82, 2.24) is 5.32 Å². The molecule has 0 fully saturated rings. The van der Waals surface area contributed by atoms with Crippen LogP contribution in [0.5, 0.6) is 5.75 Å². The van der Waals surface area contributed by atoms with Gasteiger partial charge in [-0.3, -0.25) is 0 Å². The maximum absolute atomic E-state index is 12.2. The topological polar surface area (TPSA) is 73.9 Å². The number of esters is 1. The lowest BCUT2D eigenvalue weighted by molar-refractivity contribution is 0.0516. The van der Waals surface area contributed by atoms with Crippen molar-refractivity contribution in [3.05, 3.63) is 42.0 Å². The van der Waals surface area contributed by atoms with Gasteiger partial charge in [-0.15, -0.1) is 0 Å². The summed E-state index contributed by atoms with van der Waals surface area (Å²) in [6.07, 6.45) is -0.511. The largest absolute Gasteiger partial charge is 0.491 e. The van der Waals surface area contributed by atoms with E-state index in [0.29, 0.717) is 11.3 Å². The van der Waals surface area contributed by atoms with Crippen LogP contribution in [0.15, 0.2) is 36.4 Å². The van der Waals surface area contributed by atoms with Crippen molar-refractivity contribution in [1.29, 1.82) is 0 Å². The Bertz CT molecular complexity index is 764. The molecule has 6 nitrogen and oxygen atoms in total. The van der Waals surface area contributed by atoms with Crippen LogP contribution in [0.25, 0.3) is 10.8 Å². The van der Waals surface area contributed by atoms with Crippen LogP contribution in [0.2, 0.25) is 0 Å². The van der Waals surface area contributed by atoms with Gasteiger partial charge in [-0.2, -0.15) is 0 Å². The molecule has 0 spiro atoms. The molecule has 2 aromatic rings. The van der Waals surface area contributed by atoms with Crippen LogP contribution in [0.1, 0.15) is 31.1 Å². The number of fused-ring (bicyclic) bond motifs is 1. The summed E-state index contributed by atoms with van der Waals surface area (Å²) in [4.78, 5) is 23.8. The van der Waals surface area contributed by atoms with Crippen LogP contribution < -0.4 is 10.1 Å². The minimum atomic E-state index is -0.554. The Labute approximate surface area is 147 Å². The minimum Gasteiger partial charge on any atom is -0.491 e. The van der Waals surface area contributed by atoms with Crippen molar-refractivity contribution in [2.45, 2.75) is 26.4 Å². The molecule has 0 aliphatic rings. The van der Waals surface area contributed by atoms with E-state index in [0.717, 1.165) is 10.8 Å². The maximum Gasteiger partial charge on any atom is 0.407 e. The van der Waals surface area contributed by atoms with Crippen LogP contribution in [0, 0.1) is 0 Å². The lowest BCUT2D eigenvalue weighted by atomic mass is 10.0. The highest BCUT2D eigenvalue weighted by Gasteiger charge is 2.18. The number of methoxy groups -OCH3 is 1. The quantitative estimate of drug-likeness (QED) is 0.663. The van der Waals surface area contributed by atoms with Crippen molar-refractivity contribution in [2.24, 2.45) is 0 Å². The highest BCUT2D eigenvalue weighted by Crippen LogP contribution is 2.28. The lowest BCUT2D eigenvalue weighted by Crippen LogP contribution is -2.34. The first kappa shape index (κ1) is 18.6. The SMILES string of the molecule is COC(=O)c1c(OCCNC(=O)OC(C)(C)C)ccc2ccccc12. The molecule has 0 radical (unpaired) electrons. The number of carbonyl (C=O) groups excluding carboxylic acids is 2. The third-order valence-corrected chi connectivity index (χ3v) is 3.31. The summed E-state index contributed by atoms with van der Waals surface area (Å²) in [5.41, 5.74) is -0.181. The van der Waals surface area contributed by atoms with Gasteiger partial charge in [-0.1, -0.05) is 30.3 Å². The summed E-state index contributed by atoms with van der Waals surface area (Å²) in [5, 5.41) is 4.28. The van der Waals surface area contributed by atoms with Gasteiger partial charge in [0.15, 0.2) is 0 Å². The minimum absolute atomic E-state index is 0.196. The molecule has 0 unspecified atom stereocenters. The van der Waals surface area contributed by atoms with Gasteiger partial charge >= 0.3 is 12.1 Å². The molecule has 0 saturated carbocycles. The normalized spacial score (nSPS) is 11.0. The summed E-state index contributed by atoms with van der Waals surface area (Å²) in [6, 6.07) is 11.1. The summed E-state index contributed by atoms with van der Waals surface area (Å²) < 4.78 is 15.7. The molecule has 0 heterocycles. The maximum atomic E-state index is 12.2. The number of benzene rings is 2. The predicted molar refractivity (Wildman–Crippen MR) is 95.0 cm³/mol. The van der Waals surface area contributed by atoms with Gasteiger partial charge in [0.1, 0.15) is 23.5 Å². The Morgan fingerprint density at radius 2 is 1.80 bits per heavy atom. The predicted octanol–water partition coefficient (Wildman–Crippen LogP) is 3.53. The number of alkyl carbamates (subject to hydrolysis) is 1. The van der Waals surface area contributed by atoms with Gasteiger partial charge in [0.05, 0.1) is 13.7 Å². The van der Waals surface area contributed by atoms with Crippen LogP contribution in [0.4, 0.5) is 4.79 Å². The van der Waals surface area contributed by atoms with Gasteiger partial charge in [-0.25, -0.2) is 9.59 Å². The highest BCUT2D eigenvalue weighted by molar-refractivity contribution is 6.07. The molecule has 0 aliphatic heterocycles. The van der Waals surface area contributed by atoms with Gasteiger partial charge in [0.25, 0.3) is 0 Å². The first-order chi connectivity index (χ1) is 11.8. The van der Waals surface area contributed by atoms with E-state index >= 15 is 0 Å². The summed E-state index contributed by atoms with van der Waals surface area (Å²) in [7, 11) is 1.33. The van der Waals surface area contributed by atoms with Crippen LogP contribution in [-0.4, -0.2) is 37.9 Å². The van der Waals surface area contributed by atoms with E-state index in [9.17, 15) is 9.59 Å². The zero-order valence-corrected chi connectivity index (χ0v) is 14.9. The second-order valence-corrected chi connectivity index (χ2v) is 6.43. The Morgan fingerprint density at radius 1 is 1.08 bits per heavy atom. The van der Waals surface area contributed by atoms with E-state index in [1.807, 2.05) is 30.3 Å². The van der Waals surface area contributed by atoms with Crippen LogP contribution in [-0.2, 0) is 9.47 Å². The van der Waals surface area contributed by atoms with Crippen molar-refractivity contribution < 1.29 is 23.8 Å². The number of ether oxygens (including phenoxy) is 3. The van der Waals surface area contributed by atoms with Gasteiger partial charge in [0.2, 0.25) is 0 Å². The molecular formula is C19H23NO5. The molecule has 134 valence electrons. The second-order valence-electron chi connectivity index (χ2n) is 6.43. The average molecular weight is 345 g/mol. The Morgan fingerprint density at radius 3 is 2.48 bits per heavy atom. The number of hydrogen-bond acceptors (Lipinski definition) is 5. The van der Waals surface area contributed by atoms with Crippen molar-refractivity contribution in [2.75, 3.05) is 20.3 Å². The van der Waals surface area contributed by atoms with E-state index in [4.69, 9.17) is 14.2 Å². The highest BCUT2D eigenvalue weighted by atomic mass is 16.6. The third-order valence-electron chi connectivity index (χ3n) is 3.31. The Balaban J connectivity index is 2.06. The fourth-order valence-corrected chi connectivity index (χ4v) is 2.31. The average Bonchev–Trinajstić information content (AvgIpc) is 2.56. The number of amides is 1. The van der Waals surface area contributed by atoms with Gasteiger partial charge in [-0.05, 0) is 37.6 Å². The fourth-order valence-electron chi connectivity index (χ4n) is 2.31. The molecule has 0 aliphatic carbocycles. The summed E-state index contributed by atoms with van der Waals surface area (Å²) in [5.74, 6) is -0.0524. The zero-order chi connectivity index (χ0) is 18.4. The number of rotatable bonds is 5. The van der Waals surface area contributed by atoms with Crippen molar-refractivity contribution >= 4 is 22.8 Å². The molecule has 0 saturated heterocycles. The molecule has 0 bridgehead atoms. The summed E-state index contributed by atoms with van der Waals surface area (Å²) in [6.45, 7) is 5.83. The van der Waals surface area contributed by atoms with Crippen LogP contribution >= 0.6 is 0 Å². The van der Waals surface area contributed by atoms with E-state index in [2.05, 4.69) is 5.32 Å². The lowest BCUT2D eigenvalue weighted by Gasteiger charge is -2.19. The van der Waals surface area contributed by atoms with Crippen molar-refractivity contribution in [3.63, 3.8) is 0 Å². The van der Waals surface area contributed by atoms with Crippen molar-refractivity contribution in [3.8, 4) is 5.75 Å². The first-order valence-electron chi connectivity index (χ1n) is 8.01. The summed E-state index contributed by atoms with van der Waals surface area (Å²) >= 11 is 0. The molecule has 1 amide bonds. The zero-order valence-electron chi connectivity index (χ0n) is 14.9. The molecule has 2 aromatic carbocycles. The molecule has 0 aromatic heterocycles. The van der Waals surface area contributed by atoms with Gasteiger partial charge < -0.3 is 19.5 Å². The van der Waals surface area contributed by atoms with E-state index in [1.54, 1.807) is 26.8 Å². The molecular weight excluding hydrogens is 322 g/mol. The van der Waals surface area contributed by atoms with E-state index in [-0.39, 0.29) is 13.2 Å². The first-order valence-corrected chi connectivity index (χ1v) is 8.01. The molecule has 2 rings (SSSR count). The Hall–Kier alpha value is -2.76. The molecule has 25 heavy (non-hydrogen) atoms. The third kappa shape index (κ3) is 5.11. The molecule has 6 heteroatoms. The monoisotopic (exact) mass is 345 g/mol. The number of hydrogen-bond donors (Lipinski definition) is 1. The number of nitrogens with one attached hydrogen (secondary N) is 1. The van der Waals surface area contributed by atoms with Gasteiger partial charge in [0, 0.05) is 0 Å². The number of carbonyl (C=O) groups is 2. The van der Waals surface area contributed by atoms with Crippen LogP contribution in [0.3, 0.4) is 0 Å². The molecule has 1 N–H and O–H groups in total. The smallest absolute Gasteiger partial charge is 0.407 e. The van der Waals surface area contributed by atoms with E-state index in [1.165, 1.54) is 7.11 Å². The molecule has 0 atom stereocenters. The Kier molecular flexibility index (Phi) is 5.85.